The number of para-hydroxylation sites is 2. The van der Waals surface area contributed by atoms with E-state index in [9.17, 15) is 4.79 Å². The summed E-state index contributed by atoms with van der Waals surface area (Å²) in [5, 5.41) is 15.8. The van der Waals surface area contributed by atoms with Crippen LogP contribution < -0.4 is 10.9 Å². The van der Waals surface area contributed by atoms with Crippen molar-refractivity contribution in [3.8, 4) is 12.0 Å². The number of fused-ring (bicyclic) bond motifs is 1. The van der Waals surface area contributed by atoms with Crippen LogP contribution >= 0.6 is 11.6 Å². The van der Waals surface area contributed by atoms with Crippen molar-refractivity contribution in [1.82, 2.24) is 19.7 Å². The van der Waals surface area contributed by atoms with Crippen molar-refractivity contribution in [2.24, 2.45) is 5.92 Å². The third-order valence-electron chi connectivity index (χ3n) is 3.32. The first-order valence-corrected chi connectivity index (χ1v) is 7.34. The Hall–Kier alpha value is -2.85. The van der Waals surface area contributed by atoms with Crippen molar-refractivity contribution < 1.29 is 0 Å². The van der Waals surface area contributed by atoms with Crippen molar-refractivity contribution >= 4 is 28.3 Å². The molecule has 0 saturated heterocycles. The number of nitrogens with zero attached hydrogens (tertiary/aromatic N) is 4. The first kappa shape index (κ1) is 15.1. The number of halogens is 1. The third kappa shape index (κ3) is 2.89. The maximum Gasteiger partial charge on any atom is 0.295 e. The van der Waals surface area contributed by atoms with E-state index in [1.165, 1.54) is 6.20 Å². The van der Waals surface area contributed by atoms with E-state index in [0.717, 1.165) is 15.7 Å². The highest BCUT2D eigenvalue weighted by atomic mass is 35.5. The summed E-state index contributed by atoms with van der Waals surface area (Å²) < 4.78 is 1.11. The zero-order valence-electron chi connectivity index (χ0n) is 12.2. The van der Waals surface area contributed by atoms with Crippen LogP contribution in [0.15, 0.2) is 35.3 Å². The van der Waals surface area contributed by atoms with Crippen LogP contribution in [0.25, 0.3) is 17.0 Å². The lowest BCUT2D eigenvalue weighted by Crippen LogP contribution is -2.24. The molecule has 0 bridgehead atoms. The number of aromatic nitrogens is 4. The topological polar surface area (TPSA) is 99.4 Å². The van der Waals surface area contributed by atoms with Crippen LogP contribution in [-0.2, 0) is 0 Å². The van der Waals surface area contributed by atoms with E-state index in [1.807, 2.05) is 24.3 Å². The molecular weight excluding hydrogens is 316 g/mol. The van der Waals surface area contributed by atoms with Gasteiger partial charge in [0.25, 0.3) is 5.56 Å². The highest BCUT2D eigenvalue weighted by Crippen LogP contribution is 2.17. The van der Waals surface area contributed by atoms with Gasteiger partial charge in [0.1, 0.15) is 5.02 Å². The molecule has 0 radical (unpaired) electrons. The Kier molecular flexibility index (Phi) is 4.00. The van der Waals surface area contributed by atoms with E-state index >= 15 is 0 Å². The number of aromatic amines is 1. The number of H-pyrrole nitrogens is 1. The third-order valence-corrected chi connectivity index (χ3v) is 3.68. The molecule has 2 heterocycles. The van der Waals surface area contributed by atoms with Gasteiger partial charge < -0.3 is 10.3 Å². The summed E-state index contributed by atoms with van der Waals surface area (Å²) in [6.07, 6.45) is 1.45. The van der Waals surface area contributed by atoms with Crippen molar-refractivity contribution in [1.29, 1.82) is 5.26 Å². The van der Waals surface area contributed by atoms with Gasteiger partial charge in [0.15, 0.2) is 0 Å². The summed E-state index contributed by atoms with van der Waals surface area (Å²) in [4.78, 5) is 19.7. The normalized spacial score (nSPS) is 12.0. The number of nitrogens with one attached hydrogen (secondary N) is 2. The molecule has 3 aromatic rings. The molecule has 7 nitrogen and oxygen atoms in total. The van der Waals surface area contributed by atoms with Crippen LogP contribution in [0, 0.1) is 17.2 Å². The largest absolute Gasteiger partial charge is 0.381 e. The van der Waals surface area contributed by atoms with Crippen LogP contribution in [0.3, 0.4) is 0 Å². The number of rotatable bonds is 4. The molecule has 2 N–H and O–H groups in total. The molecule has 23 heavy (non-hydrogen) atoms. The first-order valence-electron chi connectivity index (χ1n) is 6.96. The molecule has 2 aromatic heterocycles. The molecule has 8 heteroatoms. The van der Waals surface area contributed by atoms with Crippen molar-refractivity contribution in [2.45, 2.75) is 6.92 Å². The van der Waals surface area contributed by atoms with Gasteiger partial charge in [-0.05, 0) is 19.1 Å². The highest BCUT2D eigenvalue weighted by molar-refractivity contribution is 6.32. The lowest BCUT2D eigenvalue weighted by Gasteiger charge is -2.09. The quantitative estimate of drug-likeness (QED) is 0.765. The average molecular weight is 329 g/mol. The second kappa shape index (κ2) is 6.10. The standard InChI is InChI=1S/C15H13ClN6O/c1-9(6-17)7-18-12-8-19-22(14(23)13(12)16)15-20-10-4-2-3-5-11(10)21-15/h2-5,8-9,18H,7H2,1H3,(H,20,21). The number of anilines is 1. The van der Waals surface area contributed by atoms with Gasteiger partial charge in [-0.1, -0.05) is 23.7 Å². The summed E-state index contributed by atoms with van der Waals surface area (Å²) in [6, 6.07) is 9.52. The number of benzene rings is 1. The van der Waals surface area contributed by atoms with Crippen LogP contribution in [0.1, 0.15) is 6.92 Å². The van der Waals surface area contributed by atoms with Gasteiger partial charge in [-0.25, -0.2) is 4.98 Å². The van der Waals surface area contributed by atoms with E-state index < -0.39 is 5.56 Å². The van der Waals surface area contributed by atoms with Gasteiger partial charge in [-0.15, -0.1) is 0 Å². The van der Waals surface area contributed by atoms with Gasteiger partial charge in [-0.2, -0.15) is 15.0 Å². The van der Waals surface area contributed by atoms with E-state index in [4.69, 9.17) is 16.9 Å². The summed E-state index contributed by atoms with van der Waals surface area (Å²) in [5.74, 6) is 0.0962. The van der Waals surface area contributed by atoms with Gasteiger partial charge in [-0.3, -0.25) is 4.79 Å². The molecule has 116 valence electrons. The molecule has 0 fully saturated rings. The SMILES string of the molecule is CC(C#N)CNc1cnn(-c2nc3ccccc3[nH]2)c(=O)c1Cl. The van der Waals surface area contributed by atoms with E-state index in [1.54, 1.807) is 6.92 Å². The summed E-state index contributed by atoms with van der Waals surface area (Å²) in [7, 11) is 0. The summed E-state index contributed by atoms with van der Waals surface area (Å²) >= 11 is 6.11. The Labute approximate surface area is 136 Å². The molecular formula is C15H13ClN6O. The Bertz CT molecular complexity index is 921. The maximum absolute atomic E-state index is 12.4. The molecule has 3 rings (SSSR count). The van der Waals surface area contributed by atoms with Crippen LogP contribution in [0.4, 0.5) is 5.69 Å². The lowest BCUT2D eigenvalue weighted by atomic mass is 10.2. The van der Waals surface area contributed by atoms with E-state index in [2.05, 4.69) is 26.5 Å². The molecule has 0 spiro atoms. The predicted octanol–water partition coefficient (Wildman–Crippen LogP) is 2.33. The second-order valence-electron chi connectivity index (χ2n) is 5.08. The predicted molar refractivity (Wildman–Crippen MR) is 87.8 cm³/mol. The monoisotopic (exact) mass is 328 g/mol. The molecule has 0 aliphatic carbocycles. The number of hydrogen-bond donors (Lipinski definition) is 2. The lowest BCUT2D eigenvalue weighted by molar-refractivity contribution is 0.758. The minimum atomic E-state index is -0.486. The number of imidazole rings is 1. The Balaban J connectivity index is 1.97. The van der Waals surface area contributed by atoms with Gasteiger partial charge in [0.2, 0.25) is 5.95 Å². The van der Waals surface area contributed by atoms with Crippen LogP contribution in [0.5, 0.6) is 0 Å². The Morgan fingerprint density at radius 1 is 1.48 bits per heavy atom. The van der Waals surface area contributed by atoms with Gasteiger partial charge >= 0.3 is 0 Å². The molecule has 0 amide bonds. The minimum Gasteiger partial charge on any atom is -0.381 e. The fourth-order valence-electron chi connectivity index (χ4n) is 2.06. The average Bonchev–Trinajstić information content (AvgIpc) is 2.99. The van der Waals surface area contributed by atoms with Crippen molar-refractivity contribution in [3.05, 3.63) is 45.8 Å². The fraction of sp³-hybridized carbons (Fsp3) is 0.200. The first-order chi connectivity index (χ1) is 11.1. The van der Waals surface area contributed by atoms with E-state index in [0.29, 0.717) is 18.2 Å². The van der Waals surface area contributed by atoms with Crippen LogP contribution in [-0.4, -0.2) is 26.3 Å². The molecule has 0 aliphatic rings. The highest BCUT2D eigenvalue weighted by Gasteiger charge is 2.13. The maximum atomic E-state index is 12.4. The molecule has 1 unspecified atom stereocenters. The Morgan fingerprint density at radius 2 is 2.26 bits per heavy atom. The fourth-order valence-corrected chi connectivity index (χ4v) is 2.25. The van der Waals surface area contributed by atoms with Gasteiger partial charge in [0.05, 0.1) is 34.9 Å². The summed E-state index contributed by atoms with van der Waals surface area (Å²) in [6.45, 7) is 2.15. The zero-order chi connectivity index (χ0) is 16.4. The molecule has 1 atom stereocenters. The zero-order valence-corrected chi connectivity index (χ0v) is 13.0. The van der Waals surface area contributed by atoms with Gasteiger partial charge in [0, 0.05) is 6.54 Å². The van der Waals surface area contributed by atoms with Crippen molar-refractivity contribution in [2.75, 3.05) is 11.9 Å². The Morgan fingerprint density at radius 3 is 3.00 bits per heavy atom. The smallest absolute Gasteiger partial charge is 0.295 e. The minimum absolute atomic E-state index is 0.00518. The van der Waals surface area contributed by atoms with Crippen LogP contribution in [0.2, 0.25) is 5.02 Å². The molecule has 0 aliphatic heterocycles. The summed E-state index contributed by atoms with van der Waals surface area (Å²) in [5.41, 5.74) is 1.45. The molecule has 1 aromatic carbocycles. The second-order valence-corrected chi connectivity index (χ2v) is 5.46. The van der Waals surface area contributed by atoms with Crippen molar-refractivity contribution in [3.63, 3.8) is 0 Å². The number of nitriles is 1. The number of hydrogen-bond acceptors (Lipinski definition) is 5. The molecule has 0 saturated carbocycles. The van der Waals surface area contributed by atoms with E-state index in [-0.39, 0.29) is 10.9 Å².